The van der Waals surface area contributed by atoms with Gasteiger partial charge in [-0.3, -0.25) is 4.79 Å². The monoisotopic (exact) mass is 437 g/mol. The highest BCUT2D eigenvalue weighted by atomic mass is 16.2. The predicted octanol–water partition coefficient (Wildman–Crippen LogP) is 8.67. The molecule has 0 aliphatic heterocycles. The molecule has 0 unspecified atom stereocenters. The molecule has 2 aliphatic rings. The fourth-order valence-electron chi connectivity index (χ4n) is 6.11. The van der Waals surface area contributed by atoms with E-state index in [1.54, 1.807) is 4.90 Å². The van der Waals surface area contributed by atoms with Crippen LogP contribution < -0.4 is 4.90 Å². The molecule has 2 saturated carbocycles. The molecular weight excluding hydrogens is 390 g/mol. The molecule has 1 aromatic rings. The molecular formula is C30H47NO. The van der Waals surface area contributed by atoms with Crippen LogP contribution in [-0.4, -0.2) is 13.0 Å². The standard InChI is InChI=1S/C30H47NO/c1-6-7-8-9-24-10-12-25(13-11-24)26-14-16-27(17-15-26)28-18-20-29(21-19-28)31(5)30(32)23(4)22(2)3/h18-21,24-27H,6-17H2,1-5H3. The van der Waals surface area contributed by atoms with Crippen molar-refractivity contribution in [1.82, 2.24) is 0 Å². The Morgan fingerprint density at radius 1 is 0.844 bits per heavy atom. The van der Waals surface area contributed by atoms with Gasteiger partial charge < -0.3 is 4.90 Å². The zero-order valence-electron chi connectivity index (χ0n) is 21.5. The number of likely N-dealkylation sites (N-methyl/N-ethyl adjacent to an activating group) is 1. The van der Waals surface area contributed by atoms with Crippen molar-refractivity contribution in [2.24, 2.45) is 17.8 Å². The van der Waals surface area contributed by atoms with Gasteiger partial charge in [0.25, 0.3) is 5.91 Å². The maximum atomic E-state index is 12.6. The van der Waals surface area contributed by atoms with Crippen molar-refractivity contribution in [3.05, 3.63) is 41.0 Å². The highest BCUT2D eigenvalue weighted by molar-refractivity contribution is 6.05. The van der Waals surface area contributed by atoms with Gasteiger partial charge in [0.15, 0.2) is 0 Å². The van der Waals surface area contributed by atoms with Gasteiger partial charge in [-0.2, -0.15) is 0 Å². The first-order valence-electron chi connectivity index (χ1n) is 13.4. The zero-order chi connectivity index (χ0) is 23.1. The number of anilines is 1. The van der Waals surface area contributed by atoms with Gasteiger partial charge in [0.1, 0.15) is 0 Å². The predicted molar refractivity (Wildman–Crippen MR) is 138 cm³/mol. The minimum atomic E-state index is 0.0957. The molecule has 2 fully saturated rings. The topological polar surface area (TPSA) is 20.3 Å². The van der Waals surface area contributed by atoms with Crippen LogP contribution in [0.4, 0.5) is 5.69 Å². The molecule has 0 atom stereocenters. The lowest BCUT2D eigenvalue weighted by Crippen LogP contribution is -2.27. The molecule has 0 spiro atoms. The van der Waals surface area contributed by atoms with Crippen molar-refractivity contribution in [2.45, 2.75) is 111 Å². The number of hydrogen-bond donors (Lipinski definition) is 0. The number of carbonyl (C=O) groups is 1. The summed E-state index contributed by atoms with van der Waals surface area (Å²) in [7, 11) is 1.88. The first-order valence-corrected chi connectivity index (χ1v) is 13.4. The molecule has 178 valence electrons. The van der Waals surface area contributed by atoms with E-state index in [9.17, 15) is 4.79 Å². The van der Waals surface area contributed by atoms with E-state index in [4.69, 9.17) is 0 Å². The number of carbonyl (C=O) groups excluding carboxylic acids is 1. The third-order valence-electron chi connectivity index (χ3n) is 8.67. The van der Waals surface area contributed by atoms with Gasteiger partial charge in [0.2, 0.25) is 0 Å². The average molecular weight is 438 g/mol. The van der Waals surface area contributed by atoms with Gasteiger partial charge in [-0.25, -0.2) is 0 Å². The molecule has 1 aromatic carbocycles. The van der Waals surface area contributed by atoms with Crippen molar-refractivity contribution in [3.63, 3.8) is 0 Å². The third kappa shape index (κ3) is 6.49. The lowest BCUT2D eigenvalue weighted by atomic mass is 9.68. The number of amides is 1. The smallest absolute Gasteiger partial charge is 0.253 e. The Balaban J connectivity index is 1.46. The molecule has 1 amide bonds. The Kier molecular flexibility index (Phi) is 9.44. The van der Waals surface area contributed by atoms with Crippen molar-refractivity contribution in [2.75, 3.05) is 11.9 Å². The normalized spacial score (nSPS) is 25.9. The maximum absolute atomic E-state index is 12.6. The van der Waals surface area contributed by atoms with Crippen LogP contribution in [0, 0.1) is 17.8 Å². The van der Waals surface area contributed by atoms with Gasteiger partial charge in [0, 0.05) is 18.3 Å². The summed E-state index contributed by atoms with van der Waals surface area (Å²) in [5, 5.41) is 0. The zero-order valence-corrected chi connectivity index (χ0v) is 21.5. The van der Waals surface area contributed by atoms with Crippen molar-refractivity contribution < 1.29 is 4.79 Å². The number of allylic oxidation sites excluding steroid dienone is 1. The lowest BCUT2D eigenvalue weighted by Gasteiger charge is -2.38. The second-order valence-corrected chi connectivity index (χ2v) is 11.0. The fourth-order valence-corrected chi connectivity index (χ4v) is 6.11. The molecule has 2 heteroatoms. The molecule has 0 radical (unpaired) electrons. The minimum absolute atomic E-state index is 0.0957. The number of hydrogen-bond acceptors (Lipinski definition) is 1. The van der Waals surface area contributed by atoms with Crippen LogP contribution in [0.3, 0.4) is 0 Å². The summed E-state index contributed by atoms with van der Waals surface area (Å²) < 4.78 is 0. The Bertz CT molecular complexity index is 742. The van der Waals surface area contributed by atoms with Gasteiger partial charge in [0.05, 0.1) is 0 Å². The van der Waals surface area contributed by atoms with E-state index in [0.717, 1.165) is 34.6 Å². The molecule has 0 heterocycles. The van der Waals surface area contributed by atoms with Crippen LogP contribution >= 0.6 is 0 Å². The van der Waals surface area contributed by atoms with Crippen molar-refractivity contribution in [3.8, 4) is 0 Å². The SMILES string of the molecule is CCCCCC1CCC(C2CCC(c3ccc(N(C)C(=O)C(C)=C(C)C)cc3)CC2)CC1. The van der Waals surface area contributed by atoms with Crippen LogP contribution in [0.1, 0.15) is 116 Å². The van der Waals surface area contributed by atoms with E-state index < -0.39 is 0 Å². The molecule has 0 aromatic heterocycles. The Hall–Kier alpha value is -1.57. The largest absolute Gasteiger partial charge is 0.312 e. The van der Waals surface area contributed by atoms with Crippen molar-refractivity contribution in [1.29, 1.82) is 0 Å². The number of rotatable bonds is 8. The quantitative estimate of drug-likeness (QED) is 0.294. The van der Waals surface area contributed by atoms with Crippen LogP contribution in [-0.2, 0) is 4.79 Å². The molecule has 2 nitrogen and oxygen atoms in total. The highest BCUT2D eigenvalue weighted by Crippen LogP contribution is 2.44. The second kappa shape index (κ2) is 12.1. The van der Waals surface area contributed by atoms with E-state index in [-0.39, 0.29) is 5.91 Å². The summed E-state index contributed by atoms with van der Waals surface area (Å²) in [6, 6.07) is 8.81. The van der Waals surface area contributed by atoms with E-state index in [1.807, 2.05) is 27.8 Å². The van der Waals surface area contributed by atoms with Gasteiger partial charge >= 0.3 is 0 Å². The number of unbranched alkanes of at least 4 members (excludes halogenated alkanes) is 2. The van der Waals surface area contributed by atoms with E-state index in [2.05, 4.69) is 31.2 Å². The number of benzene rings is 1. The summed E-state index contributed by atoms with van der Waals surface area (Å²) >= 11 is 0. The first-order chi connectivity index (χ1) is 15.4. The van der Waals surface area contributed by atoms with Crippen LogP contribution in [0.25, 0.3) is 0 Å². The molecule has 0 bridgehead atoms. The first kappa shape index (κ1) is 25.1. The van der Waals surface area contributed by atoms with Gasteiger partial charge in [-0.05, 0) is 101 Å². The minimum Gasteiger partial charge on any atom is -0.312 e. The summed E-state index contributed by atoms with van der Waals surface area (Å²) in [6.07, 6.45) is 17.2. The van der Waals surface area contributed by atoms with Crippen LogP contribution in [0.5, 0.6) is 0 Å². The summed E-state index contributed by atoms with van der Waals surface area (Å²) in [6.45, 7) is 8.23. The van der Waals surface area contributed by atoms with Crippen LogP contribution in [0.15, 0.2) is 35.4 Å². The maximum Gasteiger partial charge on any atom is 0.253 e. The Morgan fingerprint density at radius 3 is 1.94 bits per heavy atom. The van der Waals surface area contributed by atoms with E-state index in [1.165, 1.54) is 82.6 Å². The molecule has 2 aliphatic carbocycles. The Labute approximate surface area is 197 Å². The van der Waals surface area contributed by atoms with Crippen molar-refractivity contribution >= 4 is 11.6 Å². The lowest BCUT2D eigenvalue weighted by molar-refractivity contribution is -0.114. The van der Waals surface area contributed by atoms with Gasteiger partial charge in [-0.1, -0.05) is 63.2 Å². The summed E-state index contributed by atoms with van der Waals surface area (Å²) in [4.78, 5) is 14.4. The Morgan fingerprint density at radius 2 is 1.41 bits per heavy atom. The molecule has 32 heavy (non-hydrogen) atoms. The third-order valence-corrected chi connectivity index (χ3v) is 8.67. The van der Waals surface area contributed by atoms with Gasteiger partial charge in [-0.15, -0.1) is 0 Å². The molecule has 0 saturated heterocycles. The highest BCUT2D eigenvalue weighted by Gasteiger charge is 2.31. The van der Waals surface area contributed by atoms with Crippen LogP contribution in [0.2, 0.25) is 0 Å². The molecule has 0 N–H and O–H groups in total. The fraction of sp³-hybridized carbons (Fsp3) is 0.700. The molecule has 3 rings (SSSR count). The number of nitrogens with zero attached hydrogens (tertiary/aromatic N) is 1. The van der Waals surface area contributed by atoms with E-state index >= 15 is 0 Å². The van der Waals surface area contributed by atoms with E-state index in [0.29, 0.717) is 5.92 Å². The second-order valence-electron chi connectivity index (χ2n) is 11.0. The average Bonchev–Trinajstić information content (AvgIpc) is 2.83. The summed E-state index contributed by atoms with van der Waals surface area (Å²) in [5.74, 6) is 3.79. The summed E-state index contributed by atoms with van der Waals surface area (Å²) in [5.41, 5.74) is 4.38.